The van der Waals surface area contributed by atoms with Gasteiger partial charge in [0.25, 0.3) is 5.56 Å². The summed E-state index contributed by atoms with van der Waals surface area (Å²) in [5.74, 6) is 0.917. The van der Waals surface area contributed by atoms with Gasteiger partial charge in [-0.1, -0.05) is 82.4 Å². The smallest absolute Gasteiger partial charge is 0.297 e. The van der Waals surface area contributed by atoms with Gasteiger partial charge in [0.1, 0.15) is 12.4 Å². The monoisotopic (exact) mass is 525 g/mol. The van der Waals surface area contributed by atoms with Crippen molar-refractivity contribution in [1.29, 1.82) is 0 Å². The fraction of sp³-hybridized carbons (Fsp3) is 0.606. The highest BCUT2D eigenvalue weighted by molar-refractivity contribution is 5.89. The molecule has 0 atom stereocenters. The Morgan fingerprint density at radius 1 is 0.868 bits per heavy atom. The second-order valence-electron chi connectivity index (χ2n) is 10.7. The number of rotatable bonds is 19. The largest absolute Gasteiger partial charge is 0.508 e. The lowest BCUT2D eigenvalue weighted by atomic mass is 10.1. The maximum absolute atomic E-state index is 13.8. The molecule has 38 heavy (non-hydrogen) atoms. The lowest BCUT2D eigenvalue weighted by Crippen LogP contribution is -2.24. The molecule has 0 bridgehead atoms. The molecule has 0 saturated heterocycles. The number of phenolic OH excluding ortho intramolecular Hbond substituents is 1. The van der Waals surface area contributed by atoms with E-state index in [-0.39, 0.29) is 17.1 Å². The number of aromatic nitrogens is 1. The summed E-state index contributed by atoms with van der Waals surface area (Å²) >= 11 is 0. The third kappa shape index (κ3) is 10.6. The molecule has 1 aromatic carbocycles. The molecule has 0 aliphatic heterocycles. The average molecular weight is 526 g/mol. The van der Waals surface area contributed by atoms with Crippen molar-refractivity contribution in [2.75, 3.05) is 13.2 Å². The Hall–Kier alpha value is -2.69. The van der Waals surface area contributed by atoms with E-state index in [4.69, 9.17) is 9.47 Å². The number of hydrogen-bond acceptors (Lipinski definition) is 4. The van der Waals surface area contributed by atoms with Gasteiger partial charge in [-0.2, -0.15) is 0 Å². The number of aromatic hydroxyl groups is 1. The lowest BCUT2D eigenvalue weighted by molar-refractivity contribution is 0.275. The van der Waals surface area contributed by atoms with Crippen LogP contribution in [0.1, 0.15) is 112 Å². The number of benzene rings is 1. The fourth-order valence-electron chi connectivity index (χ4n) is 4.59. The Balaban J connectivity index is 2.35. The standard InChI is InChI=1S/C33H51NO4/c1-6-8-10-12-13-14-22-34-30-25-28(35)19-20-29(30)31(37-23-15-11-9-7-2)32(33(34)36)38-24-21-27(5)18-16-17-26(3)4/h17,19-21,25,35H,6-16,18,22-24H2,1-5H3/b27-21+. The van der Waals surface area contributed by atoms with Crippen LogP contribution in [0, 0.1) is 0 Å². The number of pyridine rings is 1. The molecule has 5 nitrogen and oxygen atoms in total. The Kier molecular flexibility index (Phi) is 14.7. The number of aryl methyl sites for hydroxylation is 1. The Bertz CT molecular complexity index is 1090. The fourth-order valence-corrected chi connectivity index (χ4v) is 4.59. The zero-order chi connectivity index (χ0) is 27.8. The molecule has 0 amide bonds. The zero-order valence-electron chi connectivity index (χ0n) is 24.6. The van der Waals surface area contributed by atoms with Crippen LogP contribution in [-0.2, 0) is 6.54 Å². The molecule has 0 fully saturated rings. The van der Waals surface area contributed by atoms with Crippen LogP contribution in [0.25, 0.3) is 10.9 Å². The van der Waals surface area contributed by atoms with Gasteiger partial charge >= 0.3 is 0 Å². The SMILES string of the molecule is CCCCCCCCn1c(=O)c(OC/C=C(\C)CCC=C(C)C)c(OCCCCCC)c2ccc(O)cc21. The predicted molar refractivity (Wildman–Crippen MR) is 161 cm³/mol. The minimum atomic E-state index is -0.184. The summed E-state index contributed by atoms with van der Waals surface area (Å²) in [6.45, 7) is 12.2. The number of nitrogens with zero attached hydrogens (tertiary/aromatic N) is 1. The van der Waals surface area contributed by atoms with Crippen LogP contribution in [0.15, 0.2) is 46.3 Å². The maximum Gasteiger partial charge on any atom is 0.297 e. The van der Waals surface area contributed by atoms with Crippen LogP contribution in [0.3, 0.4) is 0 Å². The van der Waals surface area contributed by atoms with Crippen LogP contribution in [0.2, 0.25) is 0 Å². The van der Waals surface area contributed by atoms with Gasteiger partial charge in [0.05, 0.1) is 12.1 Å². The summed E-state index contributed by atoms with van der Waals surface area (Å²) in [6.07, 6.45) is 17.5. The molecule has 0 spiro atoms. The maximum atomic E-state index is 13.8. The molecule has 212 valence electrons. The zero-order valence-corrected chi connectivity index (χ0v) is 24.6. The second kappa shape index (κ2) is 17.8. The molecule has 2 aromatic rings. The van der Waals surface area contributed by atoms with Crippen molar-refractivity contribution in [3.63, 3.8) is 0 Å². The van der Waals surface area contributed by atoms with Crippen LogP contribution in [0.4, 0.5) is 0 Å². The van der Waals surface area contributed by atoms with Crippen molar-refractivity contribution < 1.29 is 14.6 Å². The molecule has 1 N–H and O–H groups in total. The van der Waals surface area contributed by atoms with Crippen molar-refractivity contribution in [3.05, 3.63) is 51.9 Å². The first kappa shape index (κ1) is 31.5. The van der Waals surface area contributed by atoms with Crippen LogP contribution in [-0.4, -0.2) is 22.9 Å². The van der Waals surface area contributed by atoms with Crippen molar-refractivity contribution in [2.24, 2.45) is 0 Å². The highest BCUT2D eigenvalue weighted by Crippen LogP contribution is 2.35. The topological polar surface area (TPSA) is 60.7 Å². The molecule has 5 heteroatoms. The van der Waals surface area contributed by atoms with Crippen molar-refractivity contribution in [2.45, 2.75) is 118 Å². The minimum absolute atomic E-state index is 0.145. The highest BCUT2D eigenvalue weighted by atomic mass is 16.5. The predicted octanol–water partition coefficient (Wildman–Crippen LogP) is 9.10. The van der Waals surface area contributed by atoms with E-state index in [1.165, 1.54) is 36.8 Å². The van der Waals surface area contributed by atoms with Gasteiger partial charge in [0.2, 0.25) is 5.75 Å². The average Bonchev–Trinajstić information content (AvgIpc) is 2.88. The summed E-state index contributed by atoms with van der Waals surface area (Å²) in [5, 5.41) is 11.1. The molecule has 2 rings (SSSR count). The van der Waals surface area contributed by atoms with Crippen molar-refractivity contribution in [3.8, 4) is 17.2 Å². The van der Waals surface area contributed by atoms with E-state index in [0.29, 0.717) is 31.0 Å². The minimum Gasteiger partial charge on any atom is -0.508 e. The van der Waals surface area contributed by atoms with E-state index in [0.717, 1.165) is 56.8 Å². The number of phenols is 1. The van der Waals surface area contributed by atoms with Crippen LogP contribution < -0.4 is 15.0 Å². The summed E-state index contributed by atoms with van der Waals surface area (Å²) in [4.78, 5) is 13.8. The summed E-state index contributed by atoms with van der Waals surface area (Å²) in [5.41, 5.74) is 3.08. The van der Waals surface area contributed by atoms with Crippen molar-refractivity contribution in [1.82, 2.24) is 4.57 Å². The van der Waals surface area contributed by atoms with Gasteiger partial charge in [-0.25, -0.2) is 0 Å². The molecule has 1 heterocycles. The summed E-state index contributed by atoms with van der Waals surface area (Å²) in [6, 6.07) is 5.17. The molecular formula is C33H51NO4. The number of fused-ring (bicyclic) bond motifs is 1. The van der Waals surface area contributed by atoms with Gasteiger partial charge < -0.3 is 19.1 Å². The van der Waals surface area contributed by atoms with Crippen LogP contribution >= 0.6 is 0 Å². The Labute approximate surface area is 230 Å². The first-order valence-corrected chi connectivity index (χ1v) is 14.8. The molecular weight excluding hydrogens is 474 g/mol. The third-order valence-corrected chi connectivity index (χ3v) is 6.89. The van der Waals surface area contributed by atoms with Gasteiger partial charge in [-0.3, -0.25) is 4.79 Å². The van der Waals surface area contributed by atoms with Gasteiger partial charge in [0.15, 0.2) is 5.75 Å². The molecule has 0 aliphatic carbocycles. The lowest BCUT2D eigenvalue weighted by Gasteiger charge is -2.19. The van der Waals surface area contributed by atoms with Gasteiger partial charge in [-0.15, -0.1) is 0 Å². The van der Waals surface area contributed by atoms with E-state index in [1.807, 2.05) is 6.07 Å². The Morgan fingerprint density at radius 3 is 2.26 bits per heavy atom. The number of ether oxygens (including phenoxy) is 2. The van der Waals surface area contributed by atoms with Crippen LogP contribution in [0.5, 0.6) is 17.2 Å². The first-order valence-electron chi connectivity index (χ1n) is 14.8. The second-order valence-corrected chi connectivity index (χ2v) is 10.7. The Morgan fingerprint density at radius 2 is 1.55 bits per heavy atom. The molecule has 0 radical (unpaired) electrons. The van der Waals surface area contributed by atoms with Crippen molar-refractivity contribution >= 4 is 10.9 Å². The van der Waals surface area contributed by atoms with E-state index in [2.05, 4.69) is 46.8 Å². The molecule has 0 aliphatic rings. The van der Waals surface area contributed by atoms with E-state index in [9.17, 15) is 9.90 Å². The van der Waals surface area contributed by atoms with E-state index < -0.39 is 0 Å². The molecule has 1 aromatic heterocycles. The third-order valence-electron chi connectivity index (χ3n) is 6.89. The van der Waals surface area contributed by atoms with Gasteiger partial charge in [0, 0.05) is 18.0 Å². The van der Waals surface area contributed by atoms with Gasteiger partial charge in [-0.05, 0) is 64.7 Å². The highest BCUT2D eigenvalue weighted by Gasteiger charge is 2.20. The number of unbranched alkanes of at least 4 members (excludes halogenated alkanes) is 8. The van der Waals surface area contributed by atoms with E-state index >= 15 is 0 Å². The quantitative estimate of drug-likeness (QED) is 0.147. The number of hydrogen-bond donors (Lipinski definition) is 1. The first-order chi connectivity index (χ1) is 18.4. The molecule has 0 unspecified atom stereocenters. The van der Waals surface area contributed by atoms with E-state index in [1.54, 1.807) is 16.7 Å². The normalized spacial score (nSPS) is 11.7. The number of allylic oxidation sites excluding steroid dienone is 3. The summed E-state index contributed by atoms with van der Waals surface area (Å²) in [7, 11) is 0. The molecule has 0 saturated carbocycles. The summed E-state index contributed by atoms with van der Waals surface area (Å²) < 4.78 is 14.2.